The van der Waals surface area contributed by atoms with E-state index in [-0.39, 0.29) is 6.04 Å². The standard InChI is InChI=1S/C14H15F2NO/c1-17-14(6-10-2-3-18-9-10)7-11-4-12(15)8-13(16)5-11/h2-5,8-9,14,17H,6-7H2,1H3. The fraction of sp³-hybridized carbons (Fsp3) is 0.286. The maximum Gasteiger partial charge on any atom is 0.126 e. The molecule has 1 aromatic heterocycles. The molecule has 2 rings (SSSR count). The van der Waals surface area contributed by atoms with Crippen LogP contribution in [0.15, 0.2) is 41.2 Å². The summed E-state index contributed by atoms with van der Waals surface area (Å²) in [6.45, 7) is 0. The molecule has 18 heavy (non-hydrogen) atoms. The van der Waals surface area contributed by atoms with Crippen molar-refractivity contribution in [1.29, 1.82) is 0 Å². The van der Waals surface area contributed by atoms with Gasteiger partial charge in [0.1, 0.15) is 11.6 Å². The quantitative estimate of drug-likeness (QED) is 0.883. The predicted molar refractivity (Wildman–Crippen MR) is 65.3 cm³/mol. The summed E-state index contributed by atoms with van der Waals surface area (Å²) in [6, 6.07) is 5.61. The monoisotopic (exact) mass is 251 g/mol. The number of likely N-dealkylation sites (N-methyl/N-ethyl adjacent to an activating group) is 1. The third-order valence-electron chi connectivity index (χ3n) is 2.87. The van der Waals surface area contributed by atoms with Crippen molar-refractivity contribution in [3.05, 3.63) is 59.6 Å². The summed E-state index contributed by atoms with van der Waals surface area (Å²) in [5, 5.41) is 3.14. The summed E-state index contributed by atoms with van der Waals surface area (Å²) in [4.78, 5) is 0. The first kappa shape index (κ1) is 12.8. The Morgan fingerprint density at radius 2 is 1.78 bits per heavy atom. The zero-order valence-electron chi connectivity index (χ0n) is 10.1. The van der Waals surface area contributed by atoms with Crippen molar-refractivity contribution in [3.8, 4) is 0 Å². The number of nitrogens with one attached hydrogen (secondary N) is 1. The molecule has 96 valence electrons. The van der Waals surface area contributed by atoms with Crippen LogP contribution in [-0.4, -0.2) is 13.1 Å². The lowest BCUT2D eigenvalue weighted by molar-refractivity contribution is 0.532. The molecule has 4 heteroatoms. The van der Waals surface area contributed by atoms with Gasteiger partial charge in [-0.05, 0) is 49.2 Å². The van der Waals surface area contributed by atoms with Gasteiger partial charge >= 0.3 is 0 Å². The minimum absolute atomic E-state index is 0.115. The highest BCUT2D eigenvalue weighted by atomic mass is 19.1. The van der Waals surface area contributed by atoms with E-state index < -0.39 is 11.6 Å². The van der Waals surface area contributed by atoms with Crippen molar-refractivity contribution in [2.45, 2.75) is 18.9 Å². The van der Waals surface area contributed by atoms with Crippen LogP contribution in [0, 0.1) is 11.6 Å². The van der Waals surface area contributed by atoms with Crippen LogP contribution in [0.4, 0.5) is 8.78 Å². The first-order valence-corrected chi connectivity index (χ1v) is 5.80. The Hall–Kier alpha value is -1.68. The largest absolute Gasteiger partial charge is 0.472 e. The van der Waals surface area contributed by atoms with E-state index in [1.165, 1.54) is 12.1 Å². The summed E-state index contributed by atoms with van der Waals surface area (Å²) < 4.78 is 31.2. The second-order valence-corrected chi connectivity index (χ2v) is 4.30. The van der Waals surface area contributed by atoms with Crippen LogP contribution in [0.5, 0.6) is 0 Å². The first-order valence-electron chi connectivity index (χ1n) is 5.80. The van der Waals surface area contributed by atoms with Gasteiger partial charge in [0.25, 0.3) is 0 Å². The van der Waals surface area contributed by atoms with E-state index >= 15 is 0 Å². The van der Waals surface area contributed by atoms with Crippen molar-refractivity contribution in [2.24, 2.45) is 0 Å². The molecule has 1 unspecified atom stereocenters. The SMILES string of the molecule is CNC(Cc1ccoc1)Cc1cc(F)cc(F)c1. The molecule has 1 N–H and O–H groups in total. The number of furan rings is 1. The fourth-order valence-corrected chi connectivity index (χ4v) is 1.98. The number of hydrogen-bond acceptors (Lipinski definition) is 2. The van der Waals surface area contributed by atoms with Crippen LogP contribution in [-0.2, 0) is 12.8 Å². The fourth-order valence-electron chi connectivity index (χ4n) is 1.98. The van der Waals surface area contributed by atoms with E-state index in [2.05, 4.69) is 5.32 Å². The molecule has 2 nitrogen and oxygen atoms in total. The Morgan fingerprint density at radius 1 is 1.11 bits per heavy atom. The van der Waals surface area contributed by atoms with Crippen molar-refractivity contribution in [3.63, 3.8) is 0 Å². The molecule has 0 aliphatic heterocycles. The van der Waals surface area contributed by atoms with Gasteiger partial charge in [0.15, 0.2) is 0 Å². The average molecular weight is 251 g/mol. The van der Waals surface area contributed by atoms with Crippen molar-refractivity contribution in [2.75, 3.05) is 7.05 Å². The van der Waals surface area contributed by atoms with E-state index in [1.54, 1.807) is 12.5 Å². The van der Waals surface area contributed by atoms with Gasteiger partial charge in [0, 0.05) is 12.1 Å². The molecule has 0 fully saturated rings. The zero-order chi connectivity index (χ0) is 13.0. The van der Waals surface area contributed by atoms with Crippen LogP contribution >= 0.6 is 0 Å². The Kier molecular flexibility index (Phi) is 4.10. The molecule has 0 bridgehead atoms. The second kappa shape index (κ2) is 5.78. The van der Waals surface area contributed by atoms with Gasteiger partial charge in [-0.1, -0.05) is 0 Å². The lowest BCUT2D eigenvalue weighted by Crippen LogP contribution is -2.29. The molecule has 1 heterocycles. The molecule has 0 aliphatic rings. The molecule has 0 radical (unpaired) electrons. The van der Waals surface area contributed by atoms with Crippen LogP contribution in [0.3, 0.4) is 0 Å². The third-order valence-corrected chi connectivity index (χ3v) is 2.87. The van der Waals surface area contributed by atoms with Crippen molar-refractivity contribution in [1.82, 2.24) is 5.32 Å². The summed E-state index contributed by atoms with van der Waals surface area (Å²) in [6.07, 6.45) is 4.61. The summed E-state index contributed by atoms with van der Waals surface area (Å²) >= 11 is 0. The van der Waals surface area contributed by atoms with Gasteiger partial charge < -0.3 is 9.73 Å². The summed E-state index contributed by atoms with van der Waals surface area (Å²) in [7, 11) is 1.83. The minimum atomic E-state index is -0.539. The number of halogens is 2. The molecule has 0 saturated heterocycles. The lowest BCUT2D eigenvalue weighted by Gasteiger charge is -2.15. The highest BCUT2D eigenvalue weighted by Gasteiger charge is 2.10. The molecule has 1 atom stereocenters. The Morgan fingerprint density at radius 3 is 2.33 bits per heavy atom. The summed E-state index contributed by atoms with van der Waals surface area (Å²) in [5.41, 5.74) is 1.71. The van der Waals surface area contributed by atoms with Gasteiger partial charge in [-0.15, -0.1) is 0 Å². The van der Waals surface area contributed by atoms with E-state index in [4.69, 9.17) is 4.42 Å². The molecule has 2 aromatic rings. The molecule has 1 aromatic carbocycles. The van der Waals surface area contributed by atoms with Gasteiger partial charge in [0.2, 0.25) is 0 Å². The van der Waals surface area contributed by atoms with Gasteiger partial charge in [0.05, 0.1) is 12.5 Å². The average Bonchev–Trinajstić information content (AvgIpc) is 2.79. The predicted octanol–water partition coefficient (Wildman–Crippen LogP) is 2.93. The van der Waals surface area contributed by atoms with E-state index in [0.717, 1.165) is 18.1 Å². The van der Waals surface area contributed by atoms with Crippen LogP contribution in [0.1, 0.15) is 11.1 Å². The van der Waals surface area contributed by atoms with Crippen LogP contribution < -0.4 is 5.32 Å². The minimum Gasteiger partial charge on any atom is -0.472 e. The van der Waals surface area contributed by atoms with Crippen LogP contribution in [0.25, 0.3) is 0 Å². The number of hydrogen-bond donors (Lipinski definition) is 1. The zero-order valence-corrected chi connectivity index (χ0v) is 10.1. The summed E-state index contributed by atoms with van der Waals surface area (Å²) in [5.74, 6) is -1.08. The Bertz CT molecular complexity index is 476. The van der Waals surface area contributed by atoms with Gasteiger partial charge in [-0.25, -0.2) is 8.78 Å². The van der Waals surface area contributed by atoms with E-state index in [1.807, 2.05) is 13.1 Å². The molecule has 0 spiro atoms. The highest BCUT2D eigenvalue weighted by molar-refractivity contribution is 5.20. The normalized spacial score (nSPS) is 12.6. The van der Waals surface area contributed by atoms with Gasteiger partial charge in [-0.3, -0.25) is 0 Å². The molecule has 0 aliphatic carbocycles. The molecule has 0 amide bonds. The maximum absolute atomic E-state index is 13.1. The second-order valence-electron chi connectivity index (χ2n) is 4.30. The molecular formula is C14H15F2NO. The van der Waals surface area contributed by atoms with Crippen molar-refractivity contribution >= 4 is 0 Å². The van der Waals surface area contributed by atoms with E-state index in [0.29, 0.717) is 12.0 Å². The third kappa shape index (κ3) is 3.40. The lowest BCUT2D eigenvalue weighted by atomic mass is 10.0. The maximum atomic E-state index is 13.1. The van der Waals surface area contributed by atoms with Gasteiger partial charge in [-0.2, -0.15) is 0 Å². The Balaban J connectivity index is 2.05. The first-order chi connectivity index (χ1) is 8.67. The van der Waals surface area contributed by atoms with Crippen LogP contribution in [0.2, 0.25) is 0 Å². The number of rotatable bonds is 5. The smallest absolute Gasteiger partial charge is 0.126 e. The number of benzene rings is 1. The topological polar surface area (TPSA) is 25.2 Å². The molecular weight excluding hydrogens is 236 g/mol. The van der Waals surface area contributed by atoms with E-state index in [9.17, 15) is 8.78 Å². The Labute approximate surface area is 105 Å². The van der Waals surface area contributed by atoms with Crippen molar-refractivity contribution < 1.29 is 13.2 Å². The molecule has 0 saturated carbocycles. The highest BCUT2D eigenvalue weighted by Crippen LogP contribution is 2.13.